The Bertz CT molecular complexity index is 1160. The molecule has 0 radical (unpaired) electrons. The van der Waals surface area contributed by atoms with E-state index in [0.29, 0.717) is 21.4 Å². The van der Waals surface area contributed by atoms with E-state index in [0.717, 1.165) is 16.9 Å². The van der Waals surface area contributed by atoms with Crippen LogP contribution in [0.5, 0.6) is 0 Å². The van der Waals surface area contributed by atoms with Crippen molar-refractivity contribution < 1.29 is 18.0 Å². The van der Waals surface area contributed by atoms with E-state index in [9.17, 15) is 18.0 Å². The van der Waals surface area contributed by atoms with Crippen LogP contribution in [0.25, 0.3) is 11.3 Å². The van der Waals surface area contributed by atoms with Gasteiger partial charge in [0.15, 0.2) is 10.9 Å². The number of hydrogen-bond acceptors (Lipinski definition) is 6. The quantitative estimate of drug-likeness (QED) is 0.552. The van der Waals surface area contributed by atoms with Crippen molar-refractivity contribution in [2.45, 2.75) is 13.8 Å². The molecule has 1 amide bonds. The monoisotopic (exact) mass is 429 g/mol. The smallest absolute Gasteiger partial charge is 0.257 e. The topological polar surface area (TPSA) is 105 Å². The summed E-state index contributed by atoms with van der Waals surface area (Å²) in [6.45, 7) is 2.98. The van der Waals surface area contributed by atoms with Gasteiger partial charge >= 0.3 is 0 Å². The van der Waals surface area contributed by atoms with Crippen molar-refractivity contribution in [1.82, 2.24) is 4.98 Å². The van der Waals surface area contributed by atoms with Gasteiger partial charge in [0, 0.05) is 23.7 Å². The number of rotatable bonds is 7. The summed E-state index contributed by atoms with van der Waals surface area (Å²) < 4.78 is 25.9. The van der Waals surface area contributed by atoms with Gasteiger partial charge < -0.3 is 0 Å². The van der Waals surface area contributed by atoms with Crippen LogP contribution in [0.4, 0.5) is 10.8 Å². The van der Waals surface area contributed by atoms with Gasteiger partial charge in [-0.25, -0.2) is 13.4 Å². The summed E-state index contributed by atoms with van der Waals surface area (Å²) in [5.74, 6) is -0.664. The maximum atomic E-state index is 12.6. The van der Waals surface area contributed by atoms with Crippen LogP contribution in [-0.4, -0.2) is 30.8 Å². The lowest BCUT2D eigenvalue weighted by atomic mass is 10.1. The summed E-state index contributed by atoms with van der Waals surface area (Å²) in [4.78, 5) is 29.5. The standard InChI is InChI=1S/C20H19N3O4S2/c1-3-29(26,27)23-16-11-7-10-15(12-16)19(25)22-20-21-17(18(28-20)13(2)24)14-8-5-4-6-9-14/h4-12,23H,3H2,1-2H3,(H,21,22,25). The Labute approximate surface area is 172 Å². The van der Waals surface area contributed by atoms with Gasteiger partial charge in [-0.05, 0) is 25.1 Å². The molecule has 0 aliphatic rings. The molecule has 2 aromatic carbocycles. The highest BCUT2D eigenvalue weighted by Crippen LogP contribution is 2.31. The van der Waals surface area contributed by atoms with Gasteiger partial charge in [-0.3, -0.25) is 19.6 Å². The molecule has 1 heterocycles. The number of nitrogens with one attached hydrogen (secondary N) is 2. The van der Waals surface area contributed by atoms with Crippen molar-refractivity contribution in [3.8, 4) is 11.3 Å². The van der Waals surface area contributed by atoms with Gasteiger partial charge in [0.25, 0.3) is 5.91 Å². The number of sulfonamides is 1. The third-order valence-corrected chi connectivity index (χ3v) is 6.37. The van der Waals surface area contributed by atoms with Crippen LogP contribution in [0.3, 0.4) is 0 Å². The average molecular weight is 430 g/mol. The van der Waals surface area contributed by atoms with Crippen molar-refractivity contribution in [1.29, 1.82) is 0 Å². The van der Waals surface area contributed by atoms with Crippen molar-refractivity contribution in [2.24, 2.45) is 0 Å². The molecule has 3 aromatic rings. The van der Waals surface area contributed by atoms with E-state index >= 15 is 0 Å². The molecule has 0 spiro atoms. The number of ketones is 1. The zero-order chi connectivity index (χ0) is 21.0. The van der Waals surface area contributed by atoms with Gasteiger partial charge in [-0.2, -0.15) is 0 Å². The Kier molecular flexibility index (Phi) is 6.09. The summed E-state index contributed by atoms with van der Waals surface area (Å²) in [5, 5.41) is 2.98. The molecular weight excluding hydrogens is 410 g/mol. The minimum atomic E-state index is -3.45. The Hall–Kier alpha value is -3.04. The normalized spacial score (nSPS) is 11.1. The SMILES string of the molecule is CCS(=O)(=O)Nc1cccc(C(=O)Nc2nc(-c3ccccc3)c(C(C)=O)s2)c1. The minimum absolute atomic E-state index is 0.0708. The van der Waals surface area contributed by atoms with E-state index in [-0.39, 0.29) is 17.1 Å². The van der Waals surface area contributed by atoms with Crippen LogP contribution >= 0.6 is 11.3 Å². The van der Waals surface area contributed by atoms with E-state index < -0.39 is 15.9 Å². The van der Waals surface area contributed by atoms with Crippen molar-refractivity contribution in [2.75, 3.05) is 15.8 Å². The Balaban J connectivity index is 1.85. The molecule has 0 bridgehead atoms. The molecule has 0 fully saturated rings. The number of Topliss-reactive ketones (excluding diaryl/α,β-unsaturated/α-hetero) is 1. The second-order valence-corrected chi connectivity index (χ2v) is 9.17. The molecule has 2 N–H and O–H groups in total. The molecule has 7 nitrogen and oxygen atoms in total. The first-order chi connectivity index (χ1) is 13.8. The number of thiazole rings is 1. The zero-order valence-electron chi connectivity index (χ0n) is 15.8. The van der Waals surface area contributed by atoms with E-state index in [1.54, 1.807) is 18.2 Å². The van der Waals surface area contributed by atoms with Crippen LogP contribution in [0, 0.1) is 0 Å². The lowest BCUT2D eigenvalue weighted by molar-refractivity contribution is 0.101. The fourth-order valence-corrected chi connectivity index (χ4v) is 4.06. The maximum Gasteiger partial charge on any atom is 0.257 e. The molecule has 0 aliphatic carbocycles. The number of hydrogen-bond donors (Lipinski definition) is 2. The number of aromatic nitrogens is 1. The number of carbonyl (C=O) groups is 2. The maximum absolute atomic E-state index is 12.6. The van der Waals surface area contributed by atoms with Gasteiger partial charge in [-0.1, -0.05) is 47.7 Å². The lowest BCUT2D eigenvalue weighted by Gasteiger charge is -2.07. The van der Waals surface area contributed by atoms with E-state index in [2.05, 4.69) is 15.0 Å². The number of carbonyl (C=O) groups excluding carboxylic acids is 2. The summed E-state index contributed by atoms with van der Waals surface area (Å²) in [5.41, 5.74) is 1.86. The van der Waals surface area contributed by atoms with E-state index in [1.807, 2.05) is 30.3 Å². The third-order valence-electron chi connectivity index (χ3n) is 3.99. The van der Waals surface area contributed by atoms with Crippen molar-refractivity contribution in [3.63, 3.8) is 0 Å². The molecule has 3 rings (SSSR count). The molecule has 0 saturated carbocycles. The predicted molar refractivity (Wildman–Crippen MR) is 115 cm³/mol. The largest absolute Gasteiger partial charge is 0.298 e. The number of anilines is 2. The van der Waals surface area contributed by atoms with Gasteiger partial charge in [0.05, 0.1) is 16.3 Å². The van der Waals surface area contributed by atoms with Crippen LogP contribution in [0.2, 0.25) is 0 Å². The molecule has 0 atom stereocenters. The second-order valence-electron chi connectivity index (χ2n) is 6.16. The highest BCUT2D eigenvalue weighted by molar-refractivity contribution is 7.92. The summed E-state index contributed by atoms with van der Waals surface area (Å²) in [6.07, 6.45) is 0. The molecule has 1 aromatic heterocycles. The molecule has 0 saturated heterocycles. The molecule has 0 unspecified atom stereocenters. The zero-order valence-corrected chi connectivity index (χ0v) is 17.4. The first-order valence-corrected chi connectivity index (χ1v) is 11.2. The third kappa shape index (κ3) is 5.07. The molecule has 9 heteroatoms. The predicted octanol–water partition coefficient (Wildman–Crippen LogP) is 4.03. The molecule has 150 valence electrons. The van der Waals surface area contributed by atoms with Crippen molar-refractivity contribution in [3.05, 3.63) is 65.0 Å². The molecule has 29 heavy (non-hydrogen) atoms. The minimum Gasteiger partial charge on any atom is -0.298 e. The highest BCUT2D eigenvalue weighted by Gasteiger charge is 2.18. The summed E-state index contributed by atoms with van der Waals surface area (Å²) in [7, 11) is -3.45. The van der Waals surface area contributed by atoms with Gasteiger partial charge in [-0.15, -0.1) is 0 Å². The second kappa shape index (κ2) is 8.54. The fourth-order valence-electron chi connectivity index (χ4n) is 2.55. The number of nitrogens with zero attached hydrogens (tertiary/aromatic N) is 1. The van der Waals surface area contributed by atoms with E-state index in [4.69, 9.17) is 0 Å². The average Bonchev–Trinajstić information content (AvgIpc) is 3.13. The lowest BCUT2D eigenvalue weighted by Crippen LogP contribution is -2.16. The number of amides is 1. The van der Waals surface area contributed by atoms with Crippen molar-refractivity contribution >= 4 is 43.9 Å². The molecular formula is C20H19N3O4S2. The van der Waals surface area contributed by atoms with E-state index in [1.165, 1.54) is 19.9 Å². The van der Waals surface area contributed by atoms with Crippen LogP contribution in [0.1, 0.15) is 33.9 Å². The van der Waals surface area contributed by atoms with Crippen LogP contribution < -0.4 is 10.0 Å². The Morgan fingerprint density at radius 1 is 1.07 bits per heavy atom. The Morgan fingerprint density at radius 2 is 1.79 bits per heavy atom. The van der Waals surface area contributed by atoms with Crippen LogP contribution in [-0.2, 0) is 10.0 Å². The Morgan fingerprint density at radius 3 is 2.45 bits per heavy atom. The van der Waals surface area contributed by atoms with Crippen LogP contribution in [0.15, 0.2) is 54.6 Å². The van der Waals surface area contributed by atoms with Gasteiger partial charge in [0.1, 0.15) is 0 Å². The summed E-state index contributed by atoms with van der Waals surface area (Å²) in [6, 6.07) is 15.4. The molecule has 0 aliphatic heterocycles. The summed E-state index contributed by atoms with van der Waals surface area (Å²) >= 11 is 1.10. The highest BCUT2D eigenvalue weighted by atomic mass is 32.2. The number of benzene rings is 2. The fraction of sp³-hybridized carbons (Fsp3) is 0.150. The van der Waals surface area contributed by atoms with Gasteiger partial charge in [0.2, 0.25) is 10.0 Å². The first kappa shape index (κ1) is 20.7. The first-order valence-electron chi connectivity index (χ1n) is 8.78.